The Balaban J connectivity index is 2.18. The highest BCUT2D eigenvalue weighted by atomic mass is 32.3. The number of rotatable bonds is 2. The van der Waals surface area contributed by atoms with Gasteiger partial charge in [0.15, 0.2) is 0 Å². The number of hydrogen-bond acceptors (Lipinski definition) is 2. The number of anilines is 1. The molecule has 1 aliphatic rings. The van der Waals surface area contributed by atoms with Gasteiger partial charge in [0.05, 0.1) is 5.69 Å². The van der Waals surface area contributed by atoms with Crippen molar-refractivity contribution in [2.24, 2.45) is 0 Å². The molecule has 0 aliphatic carbocycles. The molecule has 78 valence electrons. The van der Waals surface area contributed by atoms with E-state index >= 15 is 0 Å². The summed E-state index contributed by atoms with van der Waals surface area (Å²) in [5.74, 6) is 0. The average molecular weight is 222 g/mol. The molecule has 0 spiro atoms. The highest BCUT2D eigenvalue weighted by Crippen LogP contribution is 2.50. The molecule has 0 saturated heterocycles. The van der Waals surface area contributed by atoms with Crippen molar-refractivity contribution in [2.45, 2.75) is 6.42 Å². The first-order valence-electron chi connectivity index (χ1n) is 4.11. The van der Waals surface area contributed by atoms with Crippen molar-refractivity contribution in [3.05, 3.63) is 29.8 Å². The van der Waals surface area contributed by atoms with E-state index in [0.29, 0.717) is 18.7 Å². The van der Waals surface area contributed by atoms with Crippen molar-refractivity contribution >= 4 is 17.1 Å². The van der Waals surface area contributed by atoms with Crippen molar-refractivity contribution in [1.29, 1.82) is 0 Å². The van der Waals surface area contributed by atoms with Gasteiger partial charge < -0.3 is 0 Å². The monoisotopic (exact) mass is 222 g/mol. The minimum Gasteiger partial charge on any atom is -0.294 e. The van der Waals surface area contributed by atoms with Crippen molar-refractivity contribution in [2.75, 3.05) is 11.6 Å². The second-order valence-electron chi connectivity index (χ2n) is 3.03. The molecule has 0 fully saturated rings. The zero-order chi connectivity index (χ0) is 10.2. The summed E-state index contributed by atoms with van der Waals surface area (Å²) in [6.45, 7) is 0.381. The quantitative estimate of drug-likeness (QED) is 0.827. The second kappa shape index (κ2) is 3.36. The minimum absolute atomic E-state index is 0.381. The molecule has 1 aliphatic heterocycles. The Morgan fingerprint density at radius 1 is 1.21 bits per heavy atom. The Labute approximate surface area is 82.0 Å². The van der Waals surface area contributed by atoms with E-state index in [9.17, 15) is 11.7 Å². The lowest BCUT2D eigenvalue weighted by atomic mass is 10.2. The third-order valence-electron chi connectivity index (χ3n) is 2.10. The van der Waals surface area contributed by atoms with E-state index < -0.39 is 11.4 Å². The normalized spacial score (nSPS) is 16.9. The van der Waals surface area contributed by atoms with Crippen LogP contribution in [0.25, 0.3) is 0 Å². The molecule has 0 saturated carbocycles. The number of nitrogens with zero attached hydrogens (tertiary/aromatic N) is 1. The largest absolute Gasteiger partial charge is 0.294 e. The predicted octanol–water partition coefficient (Wildman–Crippen LogP) is 2.93. The van der Waals surface area contributed by atoms with Crippen LogP contribution in [0.4, 0.5) is 17.3 Å². The van der Waals surface area contributed by atoms with Crippen LogP contribution in [-0.2, 0) is 6.42 Å². The van der Waals surface area contributed by atoms with Crippen LogP contribution in [0.2, 0.25) is 0 Å². The molecule has 6 heteroatoms. The van der Waals surface area contributed by atoms with Crippen LogP contribution >= 0.6 is 11.4 Å². The van der Waals surface area contributed by atoms with Gasteiger partial charge in [0.1, 0.15) is 0 Å². The second-order valence-corrected chi connectivity index (χ2v) is 4.02. The summed E-state index contributed by atoms with van der Waals surface area (Å²) in [5, 5.41) is 1.17. The highest BCUT2D eigenvalue weighted by molar-refractivity contribution is 8.19. The van der Waals surface area contributed by atoms with E-state index in [1.54, 1.807) is 17.0 Å². The van der Waals surface area contributed by atoms with Gasteiger partial charge in [-0.15, -0.1) is 16.5 Å². The maximum Gasteiger partial charge on any atom is 0.292 e. The smallest absolute Gasteiger partial charge is 0.292 e. The molecule has 0 aromatic heterocycles. The Hall–Kier alpha value is -0.880. The summed E-state index contributed by atoms with van der Waals surface area (Å²) in [4.78, 5) is 1.59. The molecule has 1 N–H and O–H groups in total. The first kappa shape index (κ1) is 9.67. The van der Waals surface area contributed by atoms with Gasteiger partial charge in [0.25, 0.3) is 11.4 Å². The lowest BCUT2D eigenvalue weighted by molar-refractivity contribution is 0.591. The topological polar surface area (TPSA) is 15.3 Å². The van der Waals surface area contributed by atoms with E-state index in [1.165, 1.54) is 5.01 Å². The maximum atomic E-state index is 12.1. The summed E-state index contributed by atoms with van der Waals surface area (Å²) < 4.78 is 36.4. The summed E-state index contributed by atoms with van der Waals surface area (Å²) >= 11 is -5.17. The lowest BCUT2D eigenvalue weighted by Gasteiger charge is -2.23. The number of hydrazine groups is 1. The number of fused-ring (bicyclic) bond motifs is 1. The van der Waals surface area contributed by atoms with Gasteiger partial charge >= 0.3 is 0 Å². The van der Waals surface area contributed by atoms with Crippen molar-refractivity contribution in [1.82, 2.24) is 4.83 Å². The molecular weight excluding hydrogens is 213 g/mol. The van der Waals surface area contributed by atoms with Crippen LogP contribution < -0.4 is 9.84 Å². The molecule has 2 rings (SSSR count). The molecule has 2 nitrogen and oxygen atoms in total. The third kappa shape index (κ3) is 1.96. The van der Waals surface area contributed by atoms with Crippen LogP contribution in [0.5, 0.6) is 0 Å². The van der Waals surface area contributed by atoms with Crippen LogP contribution in [0.1, 0.15) is 5.56 Å². The van der Waals surface area contributed by atoms with E-state index in [1.807, 2.05) is 12.1 Å². The molecular formula is C8H9F3N2S. The molecule has 1 aromatic rings. The van der Waals surface area contributed by atoms with Gasteiger partial charge in [0.2, 0.25) is 0 Å². The van der Waals surface area contributed by atoms with Gasteiger partial charge in [-0.25, -0.2) is 0 Å². The van der Waals surface area contributed by atoms with Crippen molar-refractivity contribution in [3.63, 3.8) is 0 Å². The molecule has 0 atom stereocenters. The van der Waals surface area contributed by atoms with Gasteiger partial charge in [-0.1, -0.05) is 18.2 Å². The van der Waals surface area contributed by atoms with Crippen LogP contribution in [0.3, 0.4) is 0 Å². The first-order chi connectivity index (χ1) is 6.56. The SMILES string of the molecule is FS(F)(F)NN1CCc2ccccc21. The molecule has 1 heterocycles. The van der Waals surface area contributed by atoms with E-state index in [0.717, 1.165) is 5.56 Å². The Bertz CT molecular complexity index is 340. The zero-order valence-electron chi connectivity index (χ0n) is 7.21. The van der Waals surface area contributed by atoms with Crippen LogP contribution in [0.15, 0.2) is 24.3 Å². The van der Waals surface area contributed by atoms with E-state index in [2.05, 4.69) is 0 Å². The fraction of sp³-hybridized carbons (Fsp3) is 0.250. The number of hydrogen-bond donors (Lipinski definition) is 1. The average Bonchev–Trinajstić information content (AvgIpc) is 2.47. The fourth-order valence-electron chi connectivity index (χ4n) is 1.56. The number of benzene rings is 1. The fourth-order valence-corrected chi connectivity index (χ4v) is 2.00. The summed E-state index contributed by atoms with van der Waals surface area (Å²) in [5.41, 5.74) is 1.60. The minimum atomic E-state index is -5.17. The molecule has 0 unspecified atom stereocenters. The van der Waals surface area contributed by atoms with Gasteiger partial charge in [-0.05, 0) is 18.1 Å². The Morgan fingerprint density at radius 2 is 1.93 bits per heavy atom. The van der Waals surface area contributed by atoms with Gasteiger partial charge in [0, 0.05) is 6.54 Å². The van der Waals surface area contributed by atoms with Gasteiger partial charge in [-0.2, -0.15) is 0 Å². The molecule has 1 aromatic carbocycles. The molecule has 0 radical (unpaired) electrons. The first-order valence-corrected chi connectivity index (χ1v) is 5.45. The Kier molecular flexibility index (Phi) is 2.32. The van der Waals surface area contributed by atoms with Crippen LogP contribution in [0, 0.1) is 0 Å². The Morgan fingerprint density at radius 3 is 2.64 bits per heavy atom. The standard InChI is InChI=1S/C8H9F3N2S/c9-14(10,11)12-13-6-5-7-3-1-2-4-8(7)13/h1-4,12H,5-6H2. The number of halogens is 3. The van der Waals surface area contributed by atoms with Crippen molar-refractivity contribution in [3.8, 4) is 0 Å². The molecule has 0 bridgehead atoms. The van der Waals surface area contributed by atoms with Crippen molar-refractivity contribution < 1.29 is 11.7 Å². The maximum absolute atomic E-state index is 12.1. The lowest BCUT2D eigenvalue weighted by Crippen LogP contribution is -2.34. The number of nitrogens with one attached hydrogen (secondary N) is 1. The third-order valence-corrected chi connectivity index (χ3v) is 2.53. The molecule has 0 amide bonds. The zero-order valence-corrected chi connectivity index (χ0v) is 8.03. The number of para-hydroxylation sites is 1. The van der Waals surface area contributed by atoms with Gasteiger partial charge in [-0.3, -0.25) is 5.01 Å². The van der Waals surface area contributed by atoms with E-state index in [4.69, 9.17) is 0 Å². The summed E-state index contributed by atoms with van der Waals surface area (Å²) in [6.07, 6.45) is 0.665. The van der Waals surface area contributed by atoms with Crippen LogP contribution in [-0.4, -0.2) is 6.54 Å². The summed E-state index contributed by atoms with van der Waals surface area (Å²) in [6, 6.07) is 7.12. The summed E-state index contributed by atoms with van der Waals surface area (Å²) in [7, 11) is 0. The molecule has 14 heavy (non-hydrogen) atoms. The predicted molar refractivity (Wildman–Crippen MR) is 51.5 cm³/mol. The van der Waals surface area contributed by atoms with E-state index in [-0.39, 0.29) is 0 Å². The highest BCUT2D eigenvalue weighted by Gasteiger charge is 2.28.